The Morgan fingerprint density at radius 3 is 2.15 bits per heavy atom. The van der Waals surface area contributed by atoms with E-state index in [2.05, 4.69) is 44.0 Å². The molecule has 0 aromatic heterocycles. The van der Waals surface area contributed by atoms with Crippen LogP contribution < -0.4 is 0 Å². The molecule has 0 fully saturated rings. The number of hydrogen-bond acceptors (Lipinski definition) is 1. The van der Waals surface area contributed by atoms with Crippen LogP contribution in [0.2, 0.25) is 0 Å². The van der Waals surface area contributed by atoms with Gasteiger partial charge in [-0.2, -0.15) is 0 Å². The average Bonchev–Trinajstić information content (AvgIpc) is 2.02. The molecule has 0 saturated heterocycles. The molecule has 0 spiro atoms. The molecule has 1 nitrogen and oxygen atoms in total. The zero-order chi connectivity index (χ0) is 9.84. The van der Waals surface area contributed by atoms with Crippen LogP contribution in [0.3, 0.4) is 0 Å². The molecule has 0 heterocycles. The molecule has 1 aromatic rings. The largest absolute Gasteiger partial charge is 0.297 e. The topological polar surface area (TPSA) is 12.4 Å². The van der Waals surface area contributed by atoms with E-state index in [1.807, 2.05) is 7.05 Å². The molecule has 70 valence electrons. The summed E-state index contributed by atoms with van der Waals surface area (Å²) in [7, 11) is 1.85. The zero-order valence-electron chi connectivity index (χ0n) is 8.89. The highest BCUT2D eigenvalue weighted by Crippen LogP contribution is 2.09. The van der Waals surface area contributed by atoms with Gasteiger partial charge in [0.15, 0.2) is 0 Å². The fraction of sp³-hybridized carbons (Fsp3) is 0.417. The van der Waals surface area contributed by atoms with Crippen LogP contribution in [0.4, 0.5) is 0 Å². The van der Waals surface area contributed by atoms with E-state index in [1.165, 1.54) is 22.4 Å². The number of aliphatic imine (C=N–C) groups is 1. The van der Waals surface area contributed by atoms with Gasteiger partial charge in [-0.3, -0.25) is 4.99 Å². The van der Waals surface area contributed by atoms with Crippen LogP contribution in [-0.4, -0.2) is 12.8 Å². The first kappa shape index (κ1) is 9.97. The summed E-state index contributed by atoms with van der Waals surface area (Å²) < 4.78 is 0. The third kappa shape index (κ3) is 3.02. The average molecular weight is 175 g/mol. The molecule has 0 bridgehead atoms. The van der Waals surface area contributed by atoms with E-state index in [-0.39, 0.29) is 0 Å². The second-order valence-electron chi connectivity index (χ2n) is 3.63. The Morgan fingerprint density at radius 1 is 1.15 bits per heavy atom. The Hall–Kier alpha value is -1.11. The van der Waals surface area contributed by atoms with Gasteiger partial charge in [-0.1, -0.05) is 29.3 Å². The van der Waals surface area contributed by atoms with E-state index >= 15 is 0 Å². The summed E-state index contributed by atoms with van der Waals surface area (Å²) in [5.41, 5.74) is 5.21. The summed E-state index contributed by atoms with van der Waals surface area (Å²) in [6.45, 7) is 6.33. The predicted molar refractivity (Wildman–Crippen MR) is 58.7 cm³/mol. The highest BCUT2D eigenvalue weighted by atomic mass is 14.7. The normalized spacial score (nSPS) is 11.8. The molecule has 1 heteroatoms. The first-order chi connectivity index (χ1) is 6.11. The molecule has 1 rings (SSSR count). The number of benzene rings is 1. The number of hydrogen-bond donors (Lipinski definition) is 0. The van der Waals surface area contributed by atoms with E-state index in [0.717, 1.165) is 6.42 Å². The Labute approximate surface area is 80.5 Å². The predicted octanol–water partition coefficient (Wildman–Crippen LogP) is 2.94. The number of aryl methyl sites for hydroxylation is 2. The van der Waals surface area contributed by atoms with E-state index < -0.39 is 0 Å². The summed E-state index contributed by atoms with van der Waals surface area (Å²) in [6.07, 6.45) is 0.971. The second-order valence-corrected chi connectivity index (χ2v) is 3.63. The number of rotatable bonds is 2. The van der Waals surface area contributed by atoms with Gasteiger partial charge < -0.3 is 0 Å². The quantitative estimate of drug-likeness (QED) is 0.613. The van der Waals surface area contributed by atoms with E-state index in [1.54, 1.807) is 0 Å². The zero-order valence-corrected chi connectivity index (χ0v) is 8.89. The third-order valence-electron chi connectivity index (χ3n) is 2.12. The molecule has 0 radical (unpaired) electrons. The monoisotopic (exact) mass is 175 g/mol. The Morgan fingerprint density at radius 2 is 1.69 bits per heavy atom. The van der Waals surface area contributed by atoms with Crippen molar-refractivity contribution in [1.29, 1.82) is 0 Å². The van der Waals surface area contributed by atoms with Crippen LogP contribution in [0.1, 0.15) is 23.6 Å². The highest BCUT2D eigenvalue weighted by molar-refractivity contribution is 5.84. The minimum Gasteiger partial charge on any atom is -0.297 e. The van der Waals surface area contributed by atoms with Gasteiger partial charge in [0.05, 0.1) is 0 Å². The van der Waals surface area contributed by atoms with E-state index in [4.69, 9.17) is 0 Å². The molecule has 13 heavy (non-hydrogen) atoms. The van der Waals surface area contributed by atoms with Crippen molar-refractivity contribution in [3.8, 4) is 0 Å². The maximum absolute atomic E-state index is 4.16. The van der Waals surface area contributed by atoms with Gasteiger partial charge in [-0.25, -0.2) is 0 Å². The second kappa shape index (κ2) is 4.22. The molecule has 0 atom stereocenters. The Bertz CT molecular complexity index is 304. The highest BCUT2D eigenvalue weighted by Gasteiger charge is 1.97. The van der Waals surface area contributed by atoms with Gasteiger partial charge in [0.25, 0.3) is 0 Å². The van der Waals surface area contributed by atoms with Crippen LogP contribution in [-0.2, 0) is 6.42 Å². The lowest BCUT2D eigenvalue weighted by Gasteiger charge is -2.04. The van der Waals surface area contributed by atoms with Crippen LogP contribution >= 0.6 is 0 Å². The van der Waals surface area contributed by atoms with E-state index in [9.17, 15) is 0 Å². The maximum atomic E-state index is 4.16. The molecule has 0 aliphatic heterocycles. The lowest BCUT2D eigenvalue weighted by atomic mass is 10.0. The minimum absolute atomic E-state index is 0.971. The first-order valence-electron chi connectivity index (χ1n) is 4.61. The van der Waals surface area contributed by atoms with Gasteiger partial charge in [0.2, 0.25) is 0 Å². The van der Waals surface area contributed by atoms with Gasteiger partial charge >= 0.3 is 0 Å². The SMILES string of the molecule is CN=C(C)Cc1cc(C)cc(C)c1. The van der Waals surface area contributed by atoms with Crippen LogP contribution in [0.15, 0.2) is 23.2 Å². The summed E-state index contributed by atoms with van der Waals surface area (Å²) in [6, 6.07) is 6.64. The Kier molecular flexibility index (Phi) is 3.24. The fourth-order valence-electron chi connectivity index (χ4n) is 1.55. The Balaban J connectivity index is 2.89. The van der Waals surface area contributed by atoms with Gasteiger partial charge in [-0.15, -0.1) is 0 Å². The van der Waals surface area contributed by atoms with Crippen LogP contribution in [0.5, 0.6) is 0 Å². The smallest absolute Gasteiger partial charge is 0.0276 e. The third-order valence-corrected chi connectivity index (χ3v) is 2.12. The minimum atomic E-state index is 0.971. The van der Waals surface area contributed by atoms with Crippen LogP contribution in [0.25, 0.3) is 0 Å². The summed E-state index contributed by atoms with van der Waals surface area (Å²) in [5, 5.41) is 0. The lowest BCUT2D eigenvalue weighted by molar-refractivity contribution is 1.23. The molecule has 0 amide bonds. The van der Waals surface area contributed by atoms with Crippen molar-refractivity contribution in [2.45, 2.75) is 27.2 Å². The first-order valence-corrected chi connectivity index (χ1v) is 4.61. The van der Waals surface area contributed by atoms with E-state index in [0.29, 0.717) is 0 Å². The van der Waals surface area contributed by atoms with Gasteiger partial charge in [-0.05, 0) is 26.3 Å². The molecule has 0 N–H and O–H groups in total. The maximum Gasteiger partial charge on any atom is 0.0276 e. The molecule has 0 saturated carbocycles. The molecule has 1 aromatic carbocycles. The van der Waals surface area contributed by atoms with Crippen molar-refractivity contribution in [3.63, 3.8) is 0 Å². The molecule has 0 unspecified atom stereocenters. The van der Waals surface area contributed by atoms with Gasteiger partial charge in [0, 0.05) is 19.2 Å². The van der Waals surface area contributed by atoms with Crippen molar-refractivity contribution in [2.24, 2.45) is 4.99 Å². The molecule has 0 aliphatic carbocycles. The summed E-state index contributed by atoms with van der Waals surface area (Å²) in [5.74, 6) is 0. The van der Waals surface area contributed by atoms with Crippen molar-refractivity contribution in [3.05, 3.63) is 34.9 Å². The lowest BCUT2D eigenvalue weighted by Crippen LogP contribution is -1.98. The summed E-state index contributed by atoms with van der Waals surface area (Å²) in [4.78, 5) is 4.16. The van der Waals surface area contributed by atoms with Crippen molar-refractivity contribution >= 4 is 5.71 Å². The summed E-state index contributed by atoms with van der Waals surface area (Å²) >= 11 is 0. The molecular formula is C12H17N. The van der Waals surface area contributed by atoms with Crippen molar-refractivity contribution in [2.75, 3.05) is 7.05 Å². The van der Waals surface area contributed by atoms with Crippen molar-refractivity contribution < 1.29 is 0 Å². The van der Waals surface area contributed by atoms with Crippen molar-refractivity contribution in [1.82, 2.24) is 0 Å². The molecular weight excluding hydrogens is 158 g/mol. The fourth-order valence-corrected chi connectivity index (χ4v) is 1.55. The standard InChI is InChI=1S/C12H17N/c1-9-5-10(2)7-12(6-9)8-11(3)13-4/h5-7H,8H2,1-4H3. The molecule has 0 aliphatic rings. The number of nitrogens with zero attached hydrogens (tertiary/aromatic N) is 1. The van der Waals surface area contributed by atoms with Crippen LogP contribution in [0, 0.1) is 13.8 Å². The van der Waals surface area contributed by atoms with Gasteiger partial charge in [0.1, 0.15) is 0 Å².